The molecular weight excluding hydrogens is 290 g/mol. The van der Waals surface area contributed by atoms with E-state index in [1.54, 1.807) is 26.4 Å². The van der Waals surface area contributed by atoms with Gasteiger partial charge in [0.15, 0.2) is 0 Å². The van der Waals surface area contributed by atoms with Gasteiger partial charge in [-0.25, -0.2) is 0 Å². The van der Waals surface area contributed by atoms with Crippen LogP contribution in [0.2, 0.25) is 0 Å². The van der Waals surface area contributed by atoms with Crippen molar-refractivity contribution < 1.29 is 14.3 Å². The molecule has 2 aliphatic rings. The van der Waals surface area contributed by atoms with Crippen molar-refractivity contribution in [2.24, 2.45) is 16.7 Å². The molecule has 0 aliphatic heterocycles. The van der Waals surface area contributed by atoms with Gasteiger partial charge in [-0.1, -0.05) is 26.0 Å². The Bertz CT molecular complexity index is 665. The number of hydrogen-bond donors (Lipinski definition) is 1. The summed E-state index contributed by atoms with van der Waals surface area (Å²) in [5.74, 6) is 1.90. The second kappa shape index (κ2) is 5.29. The second-order valence-electron chi connectivity index (χ2n) is 7.24. The number of amides is 1. The van der Waals surface area contributed by atoms with Crippen molar-refractivity contribution >= 4 is 11.6 Å². The van der Waals surface area contributed by atoms with E-state index < -0.39 is 5.41 Å². The highest BCUT2D eigenvalue weighted by atomic mass is 16.5. The highest BCUT2D eigenvalue weighted by Gasteiger charge is 2.60. The SMILES string of the molecule is C=C1C(C)(C)[C@@H]2CC[C@]1(C(=O)Nc1cc(OC)ccc1OC)C2. The molecule has 0 heterocycles. The zero-order valence-electron chi connectivity index (χ0n) is 14.4. The highest BCUT2D eigenvalue weighted by molar-refractivity contribution is 5.99. The van der Waals surface area contributed by atoms with Gasteiger partial charge in [0.1, 0.15) is 11.5 Å². The fraction of sp³-hybridized carbons (Fsp3) is 0.526. The van der Waals surface area contributed by atoms with Crippen LogP contribution in [0.4, 0.5) is 5.69 Å². The standard InChI is InChI=1S/C19H25NO3/c1-12-18(2,3)13-8-9-19(12,11-13)17(21)20-15-10-14(22-4)6-7-16(15)23-5/h6-7,10,13H,1,8-9,11H2,2-5H3,(H,20,21)/t13-,19+/m1/s1. The number of hydrogen-bond acceptors (Lipinski definition) is 3. The lowest BCUT2D eigenvalue weighted by atomic mass is 9.68. The highest BCUT2D eigenvalue weighted by Crippen LogP contribution is 2.65. The van der Waals surface area contributed by atoms with Crippen LogP contribution in [-0.4, -0.2) is 20.1 Å². The Morgan fingerprint density at radius 2 is 2.04 bits per heavy atom. The van der Waals surface area contributed by atoms with E-state index in [4.69, 9.17) is 9.47 Å². The average Bonchev–Trinajstić information content (AvgIpc) is 3.07. The predicted octanol–water partition coefficient (Wildman–Crippen LogP) is 4.02. The maximum Gasteiger partial charge on any atom is 0.234 e. The third-order valence-corrected chi connectivity index (χ3v) is 5.98. The van der Waals surface area contributed by atoms with E-state index in [-0.39, 0.29) is 11.3 Å². The first-order valence-corrected chi connectivity index (χ1v) is 8.08. The minimum absolute atomic E-state index is 0.0297. The van der Waals surface area contributed by atoms with Crippen LogP contribution < -0.4 is 14.8 Å². The number of rotatable bonds is 4. The zero-order chi connectivity index (χ0) is 16.8. The number of fused-ring (bicyclic) bond motifs is 2. The molecule has 0 saturated heterocycles. The summed E-state index contributed by atoms with van der Waals surface area (Å²) in [5, 5.41) is 3.06. The fourth-order valence-electron chi connectivity index (χ4n) is 4.30. The molecule has 2 fully saturated rings. The fourth-order valence-corrected chi connectivity index (χ4v) is 4.30. The minimum Gasteiger partial charge on any atom is -0.497 e. The zero-order valence-corrected chi connectivity index (χ0v) is 14.4. The molecular formula is C19H25NO3. The summed E-state index contributed by atoms with van der Waals surface area (Å²) in [6.45, 7) is 8.70. The molecule has 1 amide bonds. The Morgan fingerprint density at radius 3 is 2.61 bits per heavy atom. The van der Waals surface area contributed by atoms with E-state index >= 15 is 0 Å². The van der Waals surface area contributed by atoms with Gasteiger partial charge in [-0.15, -0.1) is 0 Å². The number of ether oxygens (including phenoxy) is 2. The van der Waals surface area contributed by atoms with Crippen molar-refractivity contribution in [2.75, 3.05) is 19.5 Å². The van der Waals surface area contributed by atoms with Crippen molar-refractivity contribution in [3.05, 3.63) is 30.4 Å². The monoisotopic (exact) mass is 315 g/mol. The lowest BCUT2D eigenvalue weighted by Gasteiger charge is -2.37. The first-order chi connectivity index (χ1) is 10.8. The van der Waals surface area contributed by atoms with Crippen molar-refractivity contribution in [3.63, 3.8) is 0 Å². The molecule has 2 aliphatic carbocycles. The third-order valence-electron chi connectivity index (χ3n) is 5.98. The third kappa shape index (κ3) is 2.23. The number of carbonyl (C=O) groups excluding carboxylic acids is 1. The molecule has 3 rings (SSSR count). The molecule has 0 spiro atoms. The summed E-state index contributed by atoms with van der Waals surface area (Å²) < 4.78 is 10.6. The van der Waals surface area contributed by atoms with Gasteiger partial charge in [-0.3, -0.25) is 4.79 Å². The topological polar surface area (TPSA) is 47.6 Å². The molecule has 2 saturated carbocycles. The second-order valence-corrected chi connectivity index (χ2v) is 7.24. The van der Waals surface area contributed by atoms with Gasteiger partial charge < -0.3 is 14.8 Å². The van der Waals surface area contributed by atoms with Crippen LogP contribution >= 0.6 is 0 Å². The molecule has 1 aromatic carbocycles. The predicted molar refractivity (Wildman–Crippen MR) is 90.9 cm³/mol. The van der Waals surface area contributed by atoms with Gasteiger partial charge in [-0.05, 0) is 42.7 Å². The molecule has 4 nitrogen and oxygen atoms in total. The van der Waals surface area contributed by atoms with Gasteiger partial charge in [0.25, 0.3) is 0 Å². The molecule has 23 heavy (non-hydrogen) atoms. The van der Waals surface area contributed by atoms with Crippen LogP contribution in [0.5, 0.6) is 11.5 Å². The van der Waals surface area contributed by atoms with E-state index in [0.717, 1.165) is 24.8 Å². The normalized spacial score (nSPS) is 27.8. The van der Waals surface area contributed by atoms with Crippen LogP contribution in [0.3, 0.4) is 0 Å². The Balaban J connectivity index is 1.90. The summed E-state index contributed by atoms with van der Waals surface area (Å²) in [4.78, 5) is 13.1. The van der Waals surface area contributed by atoms with Gasteiger partial charge in [0.2, 0.25) is 5.91 Å². The summed E-state index contributed by atoms with van der Waals surface area (Å²) >= 11 is 0. The number of nitrogens with one attached hydrogen (secondary N) is 1. The first kappa shape index (κ1) is 15.9. The van der Waals surface area contributed by atoms with Crippen LogP contribution in [0.1, 0.15) is 33.1 Å². The summed E-state index contributed by atoms with van der Waals surface area (Å²) in [6, 6.07) is 5.41. The molecule has 1 N–H and O–H groups in total. The largest absolute Gasteiger partial charge is 0.497 e. The Labute approximate surface area is 137 Å². The quantitative estimate of drug-likeness (QED) is 0.854. The molecule has 4 heteroatoms. The smallest absolute Gasteiger partial charge is 0.234 e. The minimum atomic E-state index is -0.442. The van der Waals surface area contributed by atoms with Crippen LogP contribution in [0.25, 0.3) is 0 Å². The Hall–Kier alpha value is -1.97. The molecule has 124 valence electrons. The average molecular weight is 315 g/mol. The molecule has 2 atom stereocenters. The molecule has 2 bridgehead atoms. The van der Waals surface area contributed by atoms with Crippen molar-refractivity contribution in [1.29, 1.82) is 0 Å². The van der Waals surface area contributed by atoms with E-state index in [1.165, 1.54) is 0 Å². The van der Waals surface area contributed by atoms with E-state index in [9.17, 15) is 4.79 Å². The number of benzene rings is 1. The Morgan fingerprint density at radius 1 is 1.30 bits per heavy atom. The number of carbonyl (C=O) groups is 1. The van der Waals surface area contributed by atoms with Crippen LogP contribution in [0.15, 0.2) is 30.4 Å². The molecule has 1 aromatic rings. The van der Waals surface area contributed by atoms with Gasteiger partial charge >= 0.3 is 0 Å². The first-order valence-electron chi connectivity index (χ1n) is 8.08. The van der Waals surface area contributed by atoms with Gasteiger partial charge in [-0.2, -0.15) is 0 Å². The lowest BCUT2D eigenvalue weighted by molar-refractivity contribution is -0.123. The van der Waals surface area contributed by atoms with E-state index in [0.29, 0.717) is 23.1 Å². The molecule has 0 aromatic heterocycles. The van der Waals surface area contributed by atoms with Gasteiger partial charge in [0, 0.05) is 6.07 Å². The Kier molecular flexibility index (Phi) is 3.66. The summed E-state index contributed by atoms with van der Waals surface area (Å²) in [6.07, 6.45) is 2.88. The van der Waals surface area contributed by atoms with Crippen LogP contribution in [0, 0.1) is 16.7 Å². The maximum atomic E-state index is 13.1. The van der Waals surface area contributed by atoms with E-state index in [2.05, 4.69) is 25.7 Å². The summed E-state index contributed by atoms with van der Waals surface area (Å²) in [5.41, 5.74) is 1.31. The van der Waals surface area contributed by atoms with Crippen molar-refractivity contribution in [3.8, 4) is 11.5 Å². The van der Waals surface area contributed by atoms with E-state index in [1.807, 2.05) is 6.07 Å². The number of methoxy groups -OCH3 is 2. The van der Waals surface area contributed by atoms with Crippen molar-refractivity contribution in [1.82, 2.24) is 0 Å². The number of anilines is 1. The molecule has 0 radical (unpaired) electrons. The van der Waals surface area contributed by atoms with Gasteiger partial charge in [0.05, 0.1) is 25.3 Å². The summed E-state index contributed by atoms with van der Waals surface area (Å²) in [7, 11) is 3.20. The maximum absolute atomic E-state index is 13.1. The van der Waals surface area contributed by atoms with Crippen molar-refractivity contribution in [2.45, 2.75) is 33.1 Å². The van der Waals surface area contributed by atoms with Crippen LogP contribution in [-0.2, 0) is 4.79 Å². The molecule has 0 unspecified atom stereocenters. The lowest BCUT2D eigenvalue weighted by Crippen LogP contribution is -2.37.